The summed E-state index contributed by atoms with van der Waals surface area (Å²) in [5.74, 6) is 1.56. The average molecular weight is 515 g/mol. The van der Waals surface area contributed by atoms with E-state index in [1.54, 1.807) is 0 Å². The minimum absolute atomic E-state index is 0. The van der Waals surface area contributed by atoms with Crippen LogP contribution >= 0.6 is 24.0 Å². The highest BCUT2D eigenvalue weighted by molar-refractivity contribution is 14.0. The summed E-state index contributed by atoms with van der Waals surface area (Å²) in [5.41, 5.74) is 2.81. The molecule has 1 aliphatic heterocycles. The molecule has 164 valence electrons. The van der Waals surface area contributed by atoms with Gasteiger partial charge in [-0.2, -0.15) is 5.10 Å². The maximum absolute atomic E-state index is 6.06. The third kappa shape index (κ3) is 4.45. The average Bonchev–Trinajstić information content (AvgIpc) is 3.10. The van der Waals surface area contributed by atoms with Crippen LogP contribution in [0.3, 0.4) is 0 Å². The largest absolute Gasteiger partial charge is 0.377 e. The third-order valence-electron chi connectivity index (χ3n) is 6.91. The van der Waals surface area contributed by atoms with Gasteiger partial charge in [0.1, 0.15) is 0 Å². The number of hydrogen-bond acceptors (Lipinski definition) is 3. The predicted octanol–water partition coefficient (Wildman–Crippen LogP) is 3.70. The van der Waals surface area contributed by atoms with E-state index in [4.69, 9.17) is 14.8 Å². The molecule has 0 bridgehead atoms. The quantitative estimate of drug-likeness (QED) is 0.365. The molecule has 1 saturated carbocycles. The summed E-state index contributed by atoms with van der Waals surface area (Å²) >= 11 is 0. The van der Waals surface area contributed by atoms with Crippen LogP contribution < -0.4 is 10.6 Å². The first-order chi connectivity index (χ1) is 13.4. The van der Waals surface area contributed by atoms with E-state index in [9.17, 15) is 0 Å². The molecule has 1 saturated heterocycles. The molecule has 2 aliphatic carbocycles. The van der Waals surface area contributed by atoms with Gasteiger partial charge in [-0.1, -0.05) is 13.8 Å². The smallest absolute Gasteiger partial charge is 0.191 e. The van der Waals surface area contributed by atoms with E-state index in [1.807, 2.05) is 0 Å². The molecule has 2 heterocycles. The van der Waals surface area contributed by atoms with Crippen LogP contribution in [0.25, 0.3) is 0 Å². The van der Waals surface area contributed by atoms with Gasteiger partial charge >= 0.3 is 0 Å². The second-order valence-electron chi connectivity index (χ2n) is 9.62. The van der Waals surface area contributed by atoms with Crippen LogP contribution in [0.15, 0.2) is 11.2 Å². The van der Waals surface area contributed by atoms with Crippen LogP contribution in [0.1, 0.15) is 71.2 Å². The number of fused-ring (bicyclic) bond motifs is 2. The van der Waals surface area contributed by atoms with Gasteiger partial charge in [-0.15, -0.1) is 24.0 Å². The number of halogens is 1. The van der Waals surface area contributed by atoms with Gasteiger partial charge in [0.25, 0.3) is 0 Å². The Bertz CT molecular complexity index is 729. The normalized spacial score (nSPS) is 30.6. The molecule has 4 rings (SSSR count). The molecule has 1 aromatic heterocycles. The number of nitrogens with one attached hydrogen (secondary N) is 2. The van der Waals surface area contributed by atoms with Crippen molar-refractivity contribution in [3.63, 3.8) is 0 Å². The maximum atomic E-state index is 6.06. The summed E-state index contributed by atoms with van der Waals surface area (Å²) in [6.45, 7) is 12.8. The topological polar surface area (TPSA) is 63.5 Å². The first-order valence-corrected chi connectivity index (χ1v) is 11.2. The second-order valence-corrected chi connectivity index (χ2v) is 9.62. The Labute approximate surface area is 192 Å². The van der Waals surface area contributed by atoms with E-state index in [0.29, 0.717) is 30.1 Å². The van der Waals surface area contributed by atoms with Gasteiger partial charge in [0.15, 0.2) is 5.96 Å². The predicted molar refractivity (Wildman–Crippen MR) is 128 cm³/mol. The Morgan fingerprint density at radius 2 is 2.14 bits per heavy atom. The summed E-state index contributed by atoms with van der Waals surface area (Å²) in [4.78, 5) is 4.76. The lowest BCUT2D eigenvalue weighted by molar-refractivity contribution is -0.188. The lowest BCUT2D eigenvalue weighted by Gasteiger charge is -2.60. The van der Waals surface area contributed by atoms with Crippen molar-refractivity contribution in [1.29, 1.82) is 0 Å². The molecule has 1 aromatic rings. The number of aliphatic imine (C=N–C) groups is 1. The lowest BCUT2D eigenvalue weighted by Crippen LogP contribution is -2.71. The Kier molecular flexibility index (Phi) is 7.18. The third-order valence-corrected chi connectivity index (χ3v) is 6.91. The Morgan fingerprint density at radius 3 is 2.86 bits per heavy atom. The first-order valence-electron chi connectivity index (χ1n) is 11.2. The SMILES string of the molecule is CCN=C(NC1CCc2cn(C(C)C)nc2C1)NC1C2CCCOC2C1(C)C.I. The minimum atomic E-state index is 0. The zero-order valence-electron chi connectivity index (χ0n) is 18.6. The number of nitrogens with zero attached hydrogens (tertiary/aromatic N) is 3. The highest BCUT2D eigenvalue weighted by Crippen LogP contribution is 2.51. The number of aromatic nitrogens is 2. The van der Waals surface area contributed by atoms with Crippen LogP contribution in [-0.2, 0) is 17.6 Å². The molecule has 2 N–H and O–H groups in total. The summed E-state index contributed by atoms with van der Waals surface area (Å²) in [6.07, 6.45) is 8.24. The van der Waals surface area contributed by atoms with E-state index in [0.717, 1.165) is 38.4 Å². The maximum Gasteiger partial charge on any atom is 0.191 e. The molecule has 4 unspecified atom stereocenters. The van der Waals surface area contributed by atoms with E-state index < -0.39 is 0 Å². The molecule has 4 atom stereocenters. The fraction of sp³-hybridized carbons (Fsp3) is 0.818. The summed E-state index contributed by atoms with van der Waals surface area (Å²) in [5, 5.41) is 12.3. The number of guanidine groups is 1. The summed E-state index contributed by atoms with van der Waals surface area (Å²) in [6, 6.07) is 1.24. The molecular formula is C22H38IN5O. The van der Waals surface area contributed by atoms with Crippen molar-refractivity contribution in [2.75, 3.05) is 13.2 Å². The van der Waals surface area contributed by atoms with Crippen LogP contribution in [-0.4, -0.2) is 47.1 Å². The molecule has 0 radical (unpaired) electrons. The van der Waals surface area contributed by atoms with Crippen molar-refractivity contribution < 1.29 is 4.74 Å². The monoisotopic (exact) mass is 515 g/mol. The molecule has 3 aliphatic rings. The van der Waals surface area contributed by atoms with Crippen LogP contribution in [0.2, 0.25) is 0 Å². The Hall–Kier alpha value is -0.830. The van der Waals surface area contributed by atoms with Gasteiger partial charge in [-0.3, -0.25) is 9.67 Å². The molecule has 0 spiro atoms. The van der Waals surface area contributed by atoms with Gasteiger partial charge in [-0.05, 0) is 52.0 Å². The second kappa shape index (κ2) is 9.12. The van der Waals surface area contributed by atoms with Crippen molar-refractivity contribution in [3.8, 4) is 0 Å². The van der Waals surface area contributed by atoms with Crippen molar-refractivity contribution >= 4 is 29.9 Å². The molecule has 6 nitrogen and oxygen atoms in total. The zero-order valence-corrected chi connectivity index (χ0v) is 20.9. The lowest BCUT2D eigenvalue weighted by atomic mass is 9.55. The van der Waals surface area contributed by atoms with Gasteiger partial charge in [0.2, 0.25) is 0 Å². The standard InChI is InChI=1S/C22H37N5O.HI/c1-6-23-21(25-19-17-8-7-11-28-20(17)22(19,4)5)24-16-10-9-15-13-27(14(2)3)26-18(15)12-16;/h13-14,16-17,19-20H,6-12H2,1-5H3,(H2,23,24,25);1H. The number of ether oxygens (including phenoxy) is 1. The number of rotatable bonds is 4. The van der Waals surface area contributed by atoms with Gasteiger partial charge in [-0.25, -0.2) is 0 Å². The molecular weight excluding hydrogens is 477 g/mol. The van der Waals surface area contributed by atoms with Crippen LogP contribution in [0, 0.1) is 11.3 Å². The molecule has 7 heteroatoms. The van der Waals surface area contributed by atoms with Gasteiger partial charge < -0.3 is 15.4 Å². The van der Waals surface area contributed by atoms with E-state index in [1.165, 1.54) is 24.1 Å². The summed E-state index contributed by atoms with van der Waals surface area (Å²) in [7, 11) is 0. The molecule has 0 amide bonds. The van der Waals surface area contributed by atoms with E-state index in [-0.39, 0.29) is 29.4 Å². The molecule has 29 heavy (non-hydrogen) atoms. The fourth-order valence-electron chi connectivity index (χ4n) is 5.35. The Morgan fingerprint density at radius 1 is 1.34 bits per heavy atom. The minimum Gasteiger partial charge on any atom is -0.377 e. The number of hydrogen-bond donors (Lipinski definition) is 2. The van der Waals surface area contributed by atoms with Crippen molar-refractivity contribution in [1.82, 2.24) is 20.4 Å². The molecule has 0 aromatic carbocycles. The van der Waals surface area contributed by atoms with Crippen molar-refractivity contribution in [3.05, 3.63) is 17.5 Å². The van der Waals surface area contributed by atoms with E-state index in [2.05, 4.69) is 56.1 Å². The van der Waals surface area contributed by atoms with Crippen molar-refractivity contribution in [2.45, 2.75) is 91.0 Å². The highest BCUT2D eigenvalue weighted by atomic mass is 127. The number of aryl methyl sites for hydroxylation is 1. The Balaban J connectivity index is 0.00000240. The summed E-state index contributed by atoms with van der Waals surface area (Å²) < 4.78 is 8.17. The van der Waals surface area contributed by atoms with Gasteiger partial charge in [0.05, 0.1) is 11.8 Å². The first kappa shape index (κ1) is 22.8. The van der Waals surface area contributed by atoms with Crippen molar-refractivity contribution in [2.24, 2.45) is 16.3 Å². The fourth-order valence-corrected chi connectivity index (χ4v) is 5.35. The molecule has 2 fully saturated rings. The van der Waals surface area contributed by atoms with E-state index >= 15 is 0 Å². The van der Waals surface area contributed by atoms with Crippen LogP contribution in [0.4, 0.5) is 0 Å². The van der Waals surface area contributed by atoms with Crippen LogP contribution in [0.5, 0.6) is 0 Å². The van der Waals surface area contributed by atoms with Gasteiger partial charge in [0, 0.05) is 55.2 Å². The highest BCUT2D eigenvalue weighted by Gasteiger charge is 2.58. The zero-order chi connectivity index (χ0) is 19.9.